The van der Waals surface area contributed by atoms with Crippen molar-refractivity contribution in [3.8, 4) is 11.4 Å². The molecule has 0 fully saturated rings. The number of fused-ring (bicyclic) bond motifs is 1. The molecule has 0 atom stereocenters. The van der Waals surface area contributed by atoms with E-state index in [9.17, 15) is 0 Å². The molecular formula is C20H25N2+. The molecule has 0 N–H and O–H groups in total. The molecule has 0 spiro atoms. The average molecular weight is 293 g/mol. The van der Waals surface area contributed by atoms with Crippen molar-refractivity contribution in [1.29, 1.82) is 0 Å². The minimum Gasteiger partial charge on any atom is -0.226 e. The highest BCUT2D eigenvalue weighted by atomic mass is 15.2. The van der Waals surface area contributed by atoms with Gasteiger partial charge in [-0.1, -0.05) is 24.3 Å². The van der Waals surface area contributed by atoms with Crippen LogP contribution in [0.25, 0.3) is 22.4 Å². The molecule has 0 aliphatic rings. The van der Waals surface area contributed by atoms with E-state index in [0.717, 1.165) is 0 Å². The molecule has 0 unspecified atom stereocenters. The summed E-state index contributed by atoms with van der Waals surface area (Å²) in [5.41, 5.74) is 6.50. The number of aryl methyl sites for hydroxylation is 3. The predicted molar refractivity (Wildman–Crippen MR) is 93.0 cm³/mol. The molecule has 2 heteroatoms. The molecule has 2 aromatic carbocycles. The molecule has 1 heterocycles. The van der Waals surface area contributed by atoms with Crippen molar-refractivity contribution in [2.24, 2.45) is 7.05 Å². The number of aromatic nitrogens is 2. The van der Waals surface area contributed by atoms with Gasteiger partial charge in [0, 0.05) is 0 Å². The van der Waals surface area contributed by atoms with Gasteiger partial charge in [-0.3, -0.25) is 0 Å². The standard InChI is InChI=1S/C20H25N2/c1-14-11-12-17-18(13-14)21(6)19(22(17)20(3,4)5)16-10-8-7-9-15(16)2/h7-13H,1-6H3/q+1. The Bertz CT molecular complexity index is 848. The quantitative estimate of drug-likeness (QED) is 0.584. The van der Waals surface area contributed by atoms with Gasteiger partial charge in [0.2, 0.25) is 0 Å². The lowest BCUT2D eigenvalue weighted by Crippen LogP contribution is -2.51. The van der Waals surface area contributed by atoms with Gasteiger partial charge in [-0.05, 0) is 63.9 Å². The second kappa shape index (κ2) is 4.98. The monoisotopic (exact) mass is 293 g/mol. The Morgan fingerprint density at radius 2 is 1.64 bits per heavy atom. The predicted octanol–water partition coefficient (Wildman–Crippen LogP) is 4.50. The zero-order valence-electron chi connectivity index (χ0n) is 14.4. The van der Waals surface area contributed by atoms with Gasteiger partial charge in [0.1, 0.15) is 5.54 Å². The van der Waals surface area contributed by atoms with Crippen LogP contribution in [-0.4, -0.2) is 4.57 Å². The summed E-state index contributed by atoms with van der Waals surface area (Å²) in [7, 11) is 2.17. The van der Waals surface area contributed by atoms with Crippen molar-refractivity contribution >= 4 is 11.0 Å². The minimum atomic E-state index is 0.0202. The Morgan fingerprint density at radius 3 is 2.27 bits per heavy atom. The second-order valence-electron chi connectivity index (χ2n) is 7.20. The maximum absolute atomic E-state index is 2.46. The first-order valence-corrected chi connectivity index (χ1v) is 7.88. The Hall–Kier alpha value is -2.09. The second-order valence-corrected chi connectivity index (χ2v) is 7.20. The molecule has 2 nitrogen and oxygen atoms in total. The van der Waals surface area contributed by atoms with Crippen LogP contribution in [0.4, 0.5) is 0 Å². The van der Waals surface area contributed by atoms with Crippen LogP contribution < -0.4 is 4.57 Å². The summed E-state index contributed by atoms with van der Waals surface area (Å²) in [5.74, 6) is 1.27. The van der Waals surface area contributed by atoms with Crippen LogP contribution in [0.15, 0.2) is 42.5 Å². The van der Waals surface area contributed by atoms with Crippen LogP contribution in [-0.2, 0) is 12.6 Å². The molecule has 114 valence electrons. The van der Waals surface area contributed by atoms with Gasteiger partial charge in [0.05, 0.1) is 12.6 Å². The van der Waals surface area contributed by atoms with Crippen molar-refractivity contribution in [3.63, 3.8) is 0 Å². The number of hydrogen-bond acceptors (Lipinski definition) is 0. The summed E-state index contributed by atoms with van der Waals surface area (Å²) >= 11 is 0. The molecule has 22 heavy (non-hydrogen) atoms. The molecule has 0 aliphatic heterocycles. The van der Waals surface area contributed by atoms with Crippen LogP contribution in [0.5, 0.6) is 0 Å². The van der Waals surface area contributed by atoms with E-state index in [2.05, 4.69) is 93.3 Å². The first-order valence-electron chi connectivity index (χ1n) is 7.88. The summed E-state index contributed by atoms with van der Waals surface area (Å²) in [4.78, 5) is 0. The molecule has 0 aliphatic carbocycles. The highest BCUT2D eigenvalue weighted by Gasteiger charge is 2.32. The molecule has 0 saturated carbocycles. The van der Waals surface area contributed by atoms with Crippen molar-refractivity contribution in [2.45, 2.75) is 40.2 Å². The molecule has 3 rings (SSSR count). The van der Waals surface area contributed by atoms with E-state index in [0.29, 0.717) is 0 Å². The van der Waals surface area contributed by atoms with Crippen molar-refractivity contribution in [1.82, 2.24) is 4.57 Å². The Morgan fingerprint density at radius 1 is 0.955 bits per heavy atom. The maximum atomic E-state index is 2.46. The lowest BCUT2D eigenvalue weighted by atomic mass is 10.0. The average Bonchev–Trinajstić information content (AvgIpc) is 2.72. The summed E-state index contributed by atoms with van der Waals surface area (Å²) < 4.78 is 4.79. The van der Waals surface area contributed by atoms with Gasteiger partial charge in [-0.25, -0.2) is 9.13 Å². The van der Waals surface area contributed by atoms with Crippen LogP contribution in [0.1, 0.15) is 31.9 Å². The minimum absolute atomic E-state index is 0.0202. The smallest absolute Gasteiger partial charge is 0.226 e. The largest absolute Gasteiger partial charge is 0.290 e. The summed E-state index contributed by atoms with van der Waals surface area (Å²) in [5, 5.41) is 0. The van der Waals surface area contributed by atoms with E-state index in [-0.39, 0.29) is 5.54 Å². The molecule has 0 bridgehead atoms. The molecule has 0 radical (unpaired) electrons. The third-order valence-corrected chi connectivity index (χ3v) is 4.32. The van der Waals surface area contributed by atoms with E-state index in [1.807, 2.05) is 0 Å². The van der Waals surface area contributed by atoms with E-state index >= 15 is 0 Å². The van der Waals surface area contributed by atoms with Crippen molar-refractivity contribution < 1.29 is 4.57 Å². The molecule has 0 saturated heterocycles. The third kappa shape index (κ3) is 2.23. The Balaban J connectivity index is 2.48. The fourth-order valence-electron chi connectivity index (χ4n) is 3.27. The van der Waals surface area contributed by atoms with Crippen LogP contribution in [0.2, 0.25) is 0 Å². The highest BCUT2D eigenvalue weighted by Crippen LogP contribution is 2.28. The first kappa shape index (κ1) is 14.8. The van der Waals surface area contributed by atoms with Gasteiger partial charge >= 0.3 is 0 Å². The molecule has 1 aromatic heterocycles. The normalized spacial score (nSPS) is 12.1. The maximum Gasteiger partial charge on any atom is 0.290 e. The molecular weight excluding hydrogens is 268 g/mol. The number of imidazole rings is 1. The van der Waals surface area contributed by atoms with Crippen LogP contribution >= 0.6 is 0 Å². The zero-order chi connectivity index (χ0) is 16.1. The van der Waals surface area contributed by atoms with Gasteiger partial charge in [-0.2, -0.15) is 0 Å². The van der Waals surface area contributed by atoms with Crippen LogP contribution in [0.3, 0.4) is 0 Å². The van der Waals surface area contributed by atoms with E-state index < -0.39 is 0 Å². The molecule has 0 amide bonds. The number of benzene rings is 2. The van der Waals surface area contributed by atoms with Gasteiger partial charge in [0.25, 0.3) is 5.82 Å². The third-order valence-electron chi connectivity index (χ3n) is 4.32. The van der Waals surface area contributed by atoms with Gasteiger partial charge in [0.15, 0.2) is 11.0 Å². The summed E-state index contributed by atoms with van der Waals surface area (Å²) in [6, 6.07) is 15.4. The van der Waals surface area contributed by atoms with E-state index in [1.54, 1.807) is 0 Å². The zero-order valence-corrected chi connectivity index (χ0v) is 14.4. The first-order chi connectivity index (χ1) is 10.3. The highest BCUT2D eigenvalue weighted by molar-refractivity contribution is 5.77. The number of hydrogen-bond donors (Lipinski definition) is 0. The Kier molecular flexibility index (Phi) is 3.36. The van der Waals surface area contributed by atoms with Gasteiger partial charge < -0.3 is 0 Å². The van der Waals surface area contributed by atoms with Crippen molar-refractivity contribution in [2.75, 3.05) is 0 Å². The van der Waals surface area contributed by atoms with Crippen molar-refractivity contribution in [3.05, 3.63) is 53.6 Å². The SMILES string of the molecule is Cc1ccc2c(c1)n(C)c(-c1ccccc1C)[n+]2C(C)(C)C. The Labute approximate surface area is 133 Å². The lowest BCUT2D eigenvalue weighted by molar-refractivity contribution is -0.721. The topological polar surface area (TPSA) is 8.81 Å². The number of rotatable bonds is 1. The van der Waals surface area contributed by atoms with Crippen LogP contribution in [0, 0.1) is 13.8 Å². The fourth-order valence-corrected chi connectivity index (χ4v) is 3.27. The van der Waals surface area contributed by atoms with E-state index in [4.69, 9.17) is 0 Å². The lowest BCUT2D eigenvalue weighted by Gasteiger charge is -2.18. The molecule has 3 aromatic rings. The fraction of sp³-hybridized carbons (Fsp3) is 0.350. The summed E-state index contributed by atoms with van der Waals surface area (Å²) in [6.45, 7) is 11.2. The summed E-state index contributed by atoms with van der Waals surface area (Å²) in [6.07, 6.45) is 0. The van der Waals surface area contributed by atoms with E-state index in [1.165, 1.54) is 33.5 Å². The number of nitrogens with zero attached hydrogens (tertiary/aromatic N) is 2. The van der Waals surface area contributed by atoms with Gasteiger partial charge in [-0.15, -0.1) is 0 Å².